The van der Waals surface area contributed by atoms with Crippen molar-refractivity contribution in [2.75, 3.05) is 32.8 Å². The first-order valence-electron chi connectivity index (χ1n) is 9.81. The van der Waals surface area contributed by atoms with E-state index in [0.29, 0.717) is 12.8 Å². The van der Waals surface area contributed by atoms with Crippen LogP contribution in [-0.2, 0) is 24.3 Å². The molecule has 1 aromatic carbocycles. The van der Waals surface area contributed by atoms with Crippen LogP contribution in [0.5, 0.6) is 0 Å². The van der Waals surface area contributed by atoms with Crippen LogP contribution in [0, 0.1) is 19.8 Å². The van der Waals surface area contributed by atoms with Gasteiger partial charge in [0.05, 0.1) is 10.8 Å². The SMILES string of the molecule is Cc1ccc(S(=O)(=O)N2CCC(C(=O)OCC(=O)N3CCCC3)CC2)cc1C. The third-order valence-corrected chi connectivity index (χ3v) is 7.59. The first-order valence-corrected chi connectivity index (χ1v) is 11.2. The Kier molecular flexibility index (Phi) is 6.40. The van der Waals surface area contributed by atoms with E-state index in [1.807, 2.05) is 19.9 Å². The van der Waals surface area contributed by atoms with Gasteiger partial charge in [-0.05, 0) is 62.8 Å². The first kappa shape index (κ1) is 20.8. The number of amides is 1. The first-order chi connectivity index (χ1) is 13.3. The van der Waals surface area contributed by atoms with E-state index < -0.39 is 16.0 Å². The van der Waals surface area contributed by atoms with E-state index in [-0.39, 0.29) is 36.4 Å². The zero-order chi connectivity index (χ0) is 20.3. The number of carbonyl (C=O) groups is 2. The van der Waals surface area contributed by atoms with Gasteiger partial charge in [-0.1, -0.05) is 6.07 Å². The van der Waals surface area contributed by atoms with Crippen LogP contribution in [0.2, 0.25) is 0 Å². The third-order valence-electron chi connectivity index (χ3n) is 5.70. The molecule has 1 amide bonds. The molecule has 0 saturated carbocycles. The van der Waals surface area contributed by atoms with Gasteiger partial charge in [0, 0.05) is 26.2 Å². The number of hydrogen-bond donors (Lipinski definition) is 0. The lowest BCUT2D eigenvalue weighted by Crippen LogP contribution is -2.41. The van der Waals surface area contributed by atoms with Crippen LogP contribution >= 0.6 is 0 Å². The summed E-state index contributed by atoms with van der Waals surface area (Å²) in [4.78, 5) is 26.2. The standard InChI is InChI=1S/C20H28N2O5S/c1-15-5-6-18(13-16(15)2)28(25,26)22-11-7-17(8-12-22)20(24)27-14-19(23)21-9-3-4-10-21/h5-6,13,17H,3-4,7-12,14H2,1-2H3. The molecule has 2 heterocycles. The number of esters is 1. The quantitative estimate of drug-likeness (QED) is 0.695. The fourth-order valence-corrected chi connectivity index (χ4v) is 5.22. The monoisotopic (exact) mass is 408 g/mol. The molecule has 0 spiro atoms. The minimum atomic E-state index is -3.57. The number of hydrogen-bond acceptors (Lipinski definition) is 5. The van der Waals surface area contributed by atoms with E-state index in [0.717, 1.165) is 37.1 Å². The number of sulfonamides is 1. The van der Waals surface area contributed by atoms with Crippen molar-refractivity contribution >= 4 is 21.9 Å². The Labute approximate surface area is 166 Å². The highest BCUT2D eigenvalue weighted by Gasteiger charge is 2.33. The maximum Gasteiger partial charge on any atom is 0.309 e. The van der Waals surface area contributed by atoms with Gasteiger partial charge in [-0.3, -0.25) is 9.59 Å². The number of likely N-dealkylation sites (tertiary alicyclic amines) is 1. The highest BCUT2D eigenvalue weighted by atomic mass is 32.2. The van der Waals surface area contributed by atoms with E-state index in [2.05, 4.69) is 0 Å². The predicted molar refractivity (Wildman–Crippen MR) is 104 cm³/mol. The molecule has 0 atom stereocenters. The van der Waals surface area contributed by atoms with E-state index >= 15 is 0 Å². The molecule has 2 aliphatic rings. The van der Waals surface area contributed by atoms with Gasteiger partial charge in [0.15, 0.2) is 6.61 Å². The van der Waals surface area contributed by atoms with E-state index in [1.165, 1.54) is 4.31 Å². The van der Waals surface area contributed by atoms with Crippen molar-refractivity contribution in [3.8, 4) is 0 Å². The van der Waals surface area contributed by atoms with E-state index in [1.54, 1.807) is 17.0 Å². The van der Waals surface area contributed by atoms with Crippen LogP contribution in [0.4, 0.5) is 0 Å². The smallest absolute Gasteiger partial charge is 0.309 e. The molecule has 0 bridgehead atoms. The van der Waals surface area contributed by atoms with Gasteiger partial charge in [0.1, 0.15) is 0 Å². The third kappa shape index (κ3) is 4.55. The summed E-state index contributed by atoms with van der Waals surface area (Å²) in [7, 11) is -3.57. The summed E-state index contributed by atoms with van der Waals surface area (Å²) < 4.78 is 32.3. The lowest BCUT2D eigenvalue weighted by molar-refractivity contribution is -0.156. The van der Waals surface area contributed by atoms with Gasteiger partial charge >= 0.3 is 5.97 Å². The van der Waals surface area contributed by atoms with Crippen molar-refractivity contribution in [3.63, 3.8) is 0 Å². The second kappa shape index (κ2) is 8.61. The summed E-state index contributed by atoms with van der Waals surface area (Å²) in [5.74, 6) is -0.922. The molecule has 154 valence electrons. The molecule has 0 aliphatic carbocycles. The second-order valence-electron chi connectivity index (χ2n) is 7.62. The van der Waals surface area contributed by atoms with Gasteiger partial charge in [-0.25, -0.2) is 8.42 Å². The Morgan fingerprint density at radius 1 is 1.04 bits per heavy atom. The Morgan fingerprint density at radius 3 is 2.29 bits per heavy atom. The molecule has 1 aromatic rings. The highest BCUT2D eigenvalue weighted by Crippen LogP contribution is 2.25. The summed E-state index contributed by atoms with van der Waals surface area (Å²) in [6.45, 7) is 5.61. The summed E-state index contributed by atoms with van der Waals surface area (Å²) in [6.07, 6.45) is 2.79. The van der Waals surface area contributed by atoms with Gasteiger partial charge in [0.2, 0.25) is 10.0 Å². The highest BCUT2D eigenvalue weighted by molar-refractivity contribution is 7.89. The van der Waals surface area contributed by atoms with Crippen LogP contribution in [0.3, 0.4) is 0 Å². The van der Waals surface area contributed by atoms with Crippen LogP contribution in [0.1, 0.15) is 36.8 Å². The van der Waals surface area contributed by atoms with Crippen molar-refractivity contribution in [1.29, 1.82) is 0 Å². The summed E-state index contributed by atoms with van der Waals surface area (Å²) in [5.41, 5.74) is 1.98. The normalized spacial score (nSPS) is 19.0. The van der Waals surface area contributed by atoms with Crippen molar-refractivity contribution in [2.24, 2.45) is 5.92 Å². The fourth-order valence-electron chi connectivity index (χ4n) is 3.66. The van der Waals surface area contributed by atoms with Crippen LogP contribution in [0.25, 0.3) is 0 Å². The van der Waals surface area contributed by atoms with Gasteiger partial charge in [-0.15, -0.1) is 0 Å². The molecule has 0 radical (unpaired) electrons. The maximum absolute atomic E-state index is 12.8. The molecular weight excluding hydrogens is 380 g/mol. The van der Waals surface area contributed by atoms with Crippen molar-refractivity contribution < 1.29 is 22.7 Å². The largest absolute Gasteiger partial charge is 0.455 e. The zero-order valence-corrected chi connectivity index (χ0v) is 17.3. The molecule has 8 heteroatoms. The lowest BCUT2D eigenvalue weighted by atomic mass is 9.98. The number of benzene rings is 1. The molecular formula is C20H28N2O5S. The minimum Gasteiger partial charge on any atom is -0.455 e. The van der Waals surface area contributed by atoms with Crippen molar-refractivity contribution in [2.45, 2.75) is 44.4 Å². The Morgan fingerprint density at radius 2 is 1.68 bits per heavy atom. The summed E-state index contributed by atoms with van der Waals surface area (Å²) >= 11 is 0. The van der Waals surface area contributed by atoms with E-state index in [9.17, 15) is 18.0 Å². The Hall–Kier alpha value is -1.93. The molecule has 2 aliphatic heterocycles. The average molecular weight is 409 g/mol. The number of piperidine rings is 1. The van der Waals surface area contributed by atoms with Crippen LogP contribution in [0.15, 0.2) is 23.1 Å². The average Bonchev–Trinajstić information content (AvgIpc) is 3.23. The number of carbonyl (C=O) groups excluding carboxylic acids is 2. The van der Waals surface area contributed by atoms with Gasteiger partial charge < -0.3 is 9.64 Å². The number of ether oxygens (including phenoxy) is 1. The zero-order valence-electron chi connectivity index (χ0n) is 16.5. The van der Waals surface area contributed by atoms with Gasteiger partial charge in [-0.2, -0.15) is 4.31 Å². The number of aryl methyl sites for hydroxylation is 2. The van der Waals surface area contributed by atoms with Crippen molar-refractivity contribution in [1.82, 2.24) is 9.21 Å². The molecule has 0 N–H and O–H groups in total. The second-order valence-corrected chi connectivity index (χ2v) is 9.56. The molecule has 0 unspecified atom stereocenters. The summed E-state index contributed by atoms with van der Waals surface area (Å²) in [5, 5.41) is 0. The molecule has 3 rings (SSSR count). The Balaban J connectivity index is 1.52. The maximum atomic E-state index is 12.8. The molecule has 7 nitrogen and oxygen atoms in total. The molecule has 2 fully saturated rings. The number of nitrogens with zero attached hydrogens (tertiary/aromatic N) is 2. The molecule has 28 heavy (non-hydrogen) atoms. The van der Waals surface area contributed by atoms with Gasteiger partial charge in [0.25, 0.3) is 5.91 Å². The fraction of sp³-hybridized carbons (Fsp3) is 0.600. The minimum absolute atomic E-state index is 0.152. The van der Waals surface area contributed by atoms with E-state index in [4.69, 9.17) is 4.74 Å². The van der Waals surface area contributed by atoms with Crippen LogP contribution < -0.4 is 0 Å². The topological polar surface area (TPSA) is 84.0 Å². The van der Waals surface area contributed by atoms with Crippen LogP contribution in [-0.4, -0.2) is 62.3 Å². The van der Waals surface area contributed by atoms with Crippen molar-refractivity contribution in [3.05, 3.63) is 29.3 Å². The molecule has 2 saturated heterocycles. The molecule has 0 aromatic heterocycles. The lowest BCUT2D eigenvalue weighted by Gasteiger charge is -2.30. The summed E-state index contributed by atoms with van der Waals surface area (Å²) in [6, 6.07) is 5.13. The number of rotatable bonds is 5. The Bertz CT molecular complexity index is 838. The predicted octanol–water partition coefficient (Wildman–Crippen LogP) is 1.87.